The number of carbonyl (C=O) groups excluding carboxylic acids is 1. The Labute approximate surface area is 109 Å². The number of carbonyl (C=O) groups is 1. The summed E-state index contributed by atoms with van der Waals surface area (Å²) in [6, 6.07) is 9.92. The molecule has 0 radical (unpaired) electrons. The molecule has 0 unspecified atom stereocenters. The summed E-state index contributed by atoms with van der Waals surface area (Å²) in [7, 11) is 0. The van der Waals surface area contributed by atoms with E-state index >= 15 is 0 Å². The van der Waals surface area contributed by atoms with Crippen LogP contribution in [0, 0.1) is 0 Å². The van der Waals surface area contributed by atoms with Crippen LogP contribution in [0.2, 0.25) is 0 Å². The molecule has 3 heteroatoms. The topological polar surface area (TPSA) is 29.5 Å². The van der Waals surface area contributed by atoms with Crippen molar-refractivity contribution in [3.05, 3.63) is 48.2 Å². The van der Waals surface area contributed by atoms with E-state index in [9.17, 15) is 4.79 Å². The van der Waals surface area contributed by atoms with Crippen LogP contribution >= 0.6 is 0 Å². The van der Waals surface area contributed by atoms with Crippen LogP contribution in [0.4, 0.5) is 0 Å². The number of nitrogens with zero attached hydrogens (tertiary/aromatic N) is 1. The molecular formula is C15H21NO2. The Morgan fingerprint density at radius 1 is 1.33 bits per heavy atom. The van der Waals surface area contributed by atoms with Gasteiger partial charge in [0.25, 0.3) is 0 Å². The minimum atomic E-state index is -0.447. The lowest BCUT2D eigenvalue weighted by Gasteiger charge is -2.38. The normalized spacial score (nSPS) is 10.9. The highest BCUT2D eigenvalue weighted by molar-refractivity contribution is 5.68. The minimum Gasteiger partial charge on any atom is -0.340 e. The van der Waals surface area contributed by atoms with E-state index in [2.05, 4.69) is 6.58 Å². The molecule has 0 N–H and O–H groups in total. The molecule has 0 saturated heterocycles. The Morgan fingerprint density at radius 3 is 2.33 bits per heavy atom. The molecule has 0 aliphatic rings. The fourth-order valence-electron chi connectivity index (χ4n) is 1.80. The minimum absolute atomic E-state index is 0.262. The smallest absolute Gasteiger partial charge is 0.332 e. The van der Waals surface area contributed by atoms with Crippen LogP contribution in [0.15, 0.2) is 42.6 Å². The third kappa shape index (κ3) is 3.13. The van der Waals surface area contributed by atoms with Crippen LogP contribution in [0.5, 0.6) is 0 Å². The van der Waals surface area contributed by atoms with E-state index in [1.54, 1.807) is 12.0 Å². The van der Waals surface area contributed by atoms with Gasteiger partial charge < -0.3 is 4.84 Å². The second kappa shape index (κ2) is 5.71. The molecule has 1 aromatic carbocycles. The molecule has 0 bridgehead atoms. The van der Waals surface area contributed by atoms with E-state index in [1.165, 1.54) is 0 Å². The van der Waals surface area contributed by atoms with Gasteiger partial charge in [-0.1, -0.05) is 43.8 Å². The molecule has 1 rings (SSSR count). The van der Waals surface area contributed by atoms with E-state index in [-0.39, 0.29) is 5.97 Å². The van der Waals surface area contributed by atoms with Crippen molar-refractivity contribution in [2.45, 2.75) is 39.7 Å². The van der Waals surface area contributed by atoms with Crippen molar-refractivity contribution >= 4 is 5.97 Å². The van der Waals surface area contributed by atoms with Crippen LogP contribution in [0.3, 0.4) is 0 Å². The average molecular weight is 247 g/mol. The van der Waals surface area contributed by atoms with Gasteiger partial charge >= 0.3 is 5.97 Å². The predicted octanol–water partition coefficient (Wildman–Crippen LogP) is 3.63. The van der Waals surface area contributed by atoms with Crippen molar-refractivity contribution in [2.24, 2.45) is 0 Å². The maximum atomic E-state index is 11.5. The predicted molar refractivity (Wildman–Crippen MR) is 72.5 cm³/mol. The summed E-state index contributed by atoms with van der Waals surface area (Å²) >= 11 is 0. The molecule has 18 heavy (non-hydrogen) atoms. The van der Waals surface area contributed by atoms with Gasteiger partial charge in [0.2, 0.25) is 0 Å². The zero-order chi connectivity index (χ0) is 13.8. The summed E-state index contributed by atoms with van der Waals surface area (Å²) in [6.45, 7) is 11.5. The number of rotatable bonds is 5. The van der Waals surface area contributed by atoms with Gasteiger partial charge in [0.1, 0.15) is 0 Å². The summed E-state index contributed by atoms with van der Waals surface area (Å²) in [5.74, 6) is -0.262. The Hall–Kier alpha value is -1.77. The number of hydroxylamine groups is 2. The third-order valence-corrected chi connectivity index (χ3v) is 2.82. The van der Waals surface area contributed by atoms with Crippen LogP contribution in [-0.2, 0) is 15.2 Å². The average Bonchev–Trinajstić information content (AvgIpc) is 2.36. The molecule has 98 valence electrons. The quantitative estimate of drug-likeness (QED) is 0.744. The highest BCUT2D eigenvalue weighted by Gasteiger charge is 2.31. The molecule has 0 atom stereocenters. The molecule has 1 aromatic rings. The number of hydrogen-bond acceptors (Lipinski definition) is 3. The van der Waals surface area contributed by atoms with Gasteiger partial charge in [-0.05, 0) is 26.3 Å². The summed E-state index contributed by atoms with van der Waals surface area (Å²) in [4.78, 5) is 16.9. The van der Waals surface area contributed by atoms with Gasteiger partial charge in [0.15, 0.2) is 0 Å². The Kier molecular flexibility index (Phi) is 4.54. The van der Waals surface area contributed by atoms with E-state index in [0.29, 0.717) is 12.1 Å². The molecular weight excluding hydrogens is 226 g/mol. The molecule has 0 aliphatic heterocycles. The molecule has 0 aromatic heterocycles. The SMILES string of the molecule is C=C(C)N(OC(=O)CC)C(C)(C)c1ccccc1. The standard InChI is InChI=1S/C15H21NO2/c1-6-14(17)18-16(12(2)3)15(4,5)13-10-8-7-9-11-13/h7-11H,2,6H2,1,3-5H3. The van der Waals surface area contributed by atoms with Crippen LogP contribution in [0.25, 0.3) is 0 Å². The van der Waals surface area contributed by atoms with Gasteiger partial charge in [-0.3, -0.25) is 0 Å². The molecule has 0 fully saturated rings. The van der Waals surface area contributed by atoms with Crippen molar-refractivity contribution in [2.75, 3.05) is 0 Å². The Balaban J connectivity index is 3.04. The van der Waals surface area contributed by atoms with E-state index < -0.39 is 5.54 Å². The van der Waals surface area contributed by atoms with Crippen molar-refractivity contribution < 1.29 is 9.63 Å². The first-order chi connectivity index (χ1) is 8.39. The lowest BCUT2D eigenvalue weighted by Crippen LogP contribution is -2.41. The second-order valence-electron chi connectivity index (χ2n) is 4.77. The number of benzene rings is 1. The maximum absolute atomic E-state index is 11.5. The van der Waals surface area contributed by atoms with Gasteiger partial charge in [-0.15, -0.1) is 0 Å². The Bertz CT molecular complexity index is 423. The molecule has 0 saturated carbocycles. The first-order valence-corrected chi connectivity index (χ1v) is 6.11. The van der Waals surface area contributed by atoms with E-state index in [0.717, 1.165) is 5.56 Å². The fraction of sp³-hybridized carbons (Fsp3) is 0.400. The van der Waals surface area contributed by atoms with Crippen molar-refractivity contribution in [3.63, 3.8) is 0 Å². The molecule has 0 heterocycles. The van der Waals surface area contributed by atoms with Gasteiger partial charge in [0, 0.05) is 12.1 Å². The van der Waals surface area contributed by atoms with Gasteiger partial charge in [0.05, 0.1) is 5.54 Å². The number of allylic oxidation sites excluding steroid dienone is 1. The lowest BCUT2D eigenvalue weighted by molar-refractivity contribution is -0.204. The monoisotopic (exact) mass is 247 g/mol. The molecule has 0 aliphatic carbocycles. The fourth-order valence-corrected chi connectivity index (χ4v) is 1.80. The van der Waals surface area contributed by atoms with Crippen LogP contribution < -0.4 is 0 Å². The van der Waals surface area contributed by atoms with Gasteiger partial charge in [-0.25, -0.2) is 9.86 Å². The van der Waals surface area contributed by atoms with E-state index in [4.69, 9.17) is 4.84 Å². The van der Waals surface area contributed by atoms with E-state index in [1.807, 2.05) is 51.1 Å². The second-order valence-corrected chi connectivity index (χ2v) is 4.77. The zero-order valence-corrected chi connectivity index (χ0v) is 11.6. The zero-order valence-electron chi connectivity index (χ0n) is 11.6. The first kappa shape index (κ1) is 14.3. The number of hydrogen-bond donors (Lipinski definition) is 0. The van der Waals surface area contributed by atoms with Crippen LogP contribution in [0.1, 0.15) is 39.7 Å². The highest BCUT2D eigenvalue weighted by Crippen LogP contribution is 2.30. The Morgan fingerprint density at radius 2 is 1.89 bits per heavy atom. The summed E-state index contributed by atoms with van der Waals surface area (Å²) in [6.07, 6.45) is 0.342. The van der Waals surface area contributed by atoms with Gasteiger partial charge in [-0.2, -0.15) is 0 Å². The lowest BCUT2D eigenvalue weighted by atomic mass is 9.93. The summed E-state index contributed by atoms with van der Waals surface area (Å²) in [5.41, 5.74) is 1.32. The third-order valence-electron chi connectivity index (χ3n) is 2.82. The molecule has 0 spiro atoms. The first-order valence-electron chi connectivity index (χ1n) is 6.11. The largest absolute Gasteiger partial charge is 0.340 e. The highest BCUT2D eigenvalue weighted by atomic mass is 16.7. The molecule has 0 amide bonds. The summed E-state index contributed by atoms with van der Waals surface area (Å²) < 4.78 is 0. The molecule has 3 nitrogen and oxygen atoms in total. The maximum Gasteiger partial charge on any atom is 0.332 e. The van der Waals surface area contributed by atoms with Crippen LogP contribution in [-0.4, -0.2) is 11.0 Å². The van der Waals surface area contributed by atoms with Crippen molar-refractivity contribution in [1.82, 2.24) is 5.06 Å². The van der Waals surface area contributed by atoms with Crippen molar-refractivity contribution in [3.8, 4) is 0 Å². The summed E-state index contributed by atoms with van der Waals surface area (Å²) in [5, 5.41) is 1.58. The van der Waals surface area contributed by atoms with Crippen molar-refractivity contribution in [1.29, 1.82) is 0 Å².